The molecule has 1 aliphatic heterocycles. The van der Waals surface area contributed by atoms with Crippen LogP contribution in [0.15, 0.2) is 76.6 Å². The molecule has 0 spiro atoms. The van der Waals surface area contributed by atoms with Gasteiger partial charge in [0.2, 0.25) is 0 Å². The molecule has 0 atom stereocenters. The summed E-state index contributed by atoms with van der Waals surface area (Å²) in [6.45, 7) is 1.84. The largest absolute Gasteiger partial charge is 0.482 e. The lowest BCUT2D eigenvalue weighted by Gasteiger charge is -2.09. The van der Waals surface area contributed by atoms with E-state index in [2.05, 4.69) is 4.99 Å². The minimum Gasteiger partial charge on any atom is -0.482 e. The summed E-state index contributed by atoms with van der Waals surface area (Å²) in [5.74, 6) is -1.25. The maximum atomic E-state index is 12.8. The number of likely N-dealkylation sites (N-methyl/N-ethyl adjacent to an activating group) is 1. The molecular weight excluding hydrogens is 482 g/mol. The van der Waals surface area contributed by atoms with Crippen LogP contribution in [0.4, 0.5) is 11.4 Å². The third-order valence-electron chi connectivity index (χ3n) is 5.47. The number of carboxylic acids is 1. The van der Waals surface area contributed by atoms with Crippen LogP contribution in [0.1, 0.15) is 27.0 Å². The Kier molecular flexibility index (Phi) is 7.16. The molecule has 0 radical (unpaired) electrons. The maximum absolute atomic E-state index is 12.8. The van der Waals surface area contributed by atoms with Gasteiger partial charge >= 0.3 is 11.7 Å². The maximum Gasteiger partial charge on any atom is 0.336 e. The smallest absolute Gasteiger partial charge is 0.336 e. The molecular formula is C26H21N3O6S. The summed E-state index contributed by atoms with van der Waals surface area (Å²) in [6.07, 6.45) is 1.56. The van der Waals surface area contributed by atoms with Crippen molar-refractivity contribution < 1.29 is 24.4 Å². The molecule has 0 saturated carbocycles. The zero-order valence-electron chi connectivity index (χ0n) is 19.4. The SMILES string of the molecule is Cc1c(N=C2S/C(=C\c3ccc(OCc4ccccc4)c([N+](=O)[O-])c3)C(=O)N2C)cccc1C(=O)O. The Balaban J connectivity index is 1.59. The van der Waals surface area contributed by atoms with Crippen LogP contribution in [0.25, 0.3) is 6.08 Å². The van der Waals surface area contributed by atoms with Gasteiger partial charge in [0.05, 0.1) is 21.1 Å². The van der Waals surface area contributed by atoms with Crippen LogP contribution in [-0.2, 0) is 11.4 Å². The Hall–Kier alpha value is -4.44. The number of aliphatic imine (C=N–C) groups is 1. The summed E-state index contributed by atoms with van der Waals surface area (Å²) in [6, 6.07) is 18.6. The van der Waals surface area contributed by atoms with Crippen molar-refractivity contribution in [2.24, 2.45) is 4.99 Å². The van der Waals surface area contributed by atoms with Crippen molar-refractivity contribution in [3.63, 3.8) is 0 Å². The summed E-state index contributed by atoms with van der Waals surface area (Å²) in [4.78, 5) is 41.5. The van der Waals surface area contributed by atoms with Gasteiger partial charge in [-0.25, -0.2) is 9.79 Å². The van der Waals surface area contributed by atoms with Crippen molar-refractivity contribution in [3.05, 3.63) is 104 Å². The molecule has 0 unspecified atom stereocenters. The van der Waals surface area contributed by atoms with Crippen molar-refractivity contribution >= 4 is 46.3 Å². The summed E-state index contributed by atoms with van der Waals surface area (Å²) >= 11 is 1.10. The third kappa shape index (κ3) is 5.28. The van der Waals surface area contributed by atoms with Gasteiger partial charge in [-0.15, -0.1) is 0 Å². The minimum atomic E-state index is -1.06. The molecule has 10 heteroatoms. The lowest BCUT2D eigenvalue weighted by atomic mass is 10.1. The van der Waals surface area contributed by atoms with E-state index in [0.717, 1.165) is 17.3 Å². The first-order valence-corrected chi connectivity index (χ1v) is 11.6. The van der Waals surface area contributed by atoms with Crippen LogP contribution in [0, 0.1) is 17.0 Å². The number of carbonyl (C=O) groups is 2. The van der Waals surface area contributed by atoms with Crippen molar-refractivity contribution in [3.8, 4) is 5.75 Å². The van der Waals surface area contributed by atoms with Gasteiger partial charge < -0.3 is 9.84 Å². The Morgan fingerprint density at radius 1 is 1.17 bits per heavy atom. The molecule has 3 aromatic carbocycles. The normalized spacial score (nSPS) is 15.5. The van der Waals surface area contributed by atoms with E-state index in [1.165, 1.54) is 23.1 Å². The first-order chi connectivity index (χ1) is 17.2. The van der Waals surface area contributed by atoms with Gasteiger partial charge in [0.25, 0.3) is 5.91 Å². The van der Waals surface area contributed by atoms with Crippen molar-refractivity contribution in [2.75, 3.05) is 7.05 Å². The number of nitro benzene ring substituents is 1. The lowest BCUT2D eigenvalue weighted by Crippen LogP contribution is -2.23. The highest BCUT2D eigenvalue weighted by Gasteiger charge is 2.31. The molecule has 9 nitrogen and oxygen atoms in total. The Labute approximate surface area is 210 Å². The van der Waals surface area contributed by atoms with Crippen LogP contribution in [0.5, 0.6) is 5.75 Å². The first kappa shape index (κ1) is 24.7. The van der Waals surface area contributed by atoms with E-state index in [1.807, 2.05) is 30.3 Å². The van der Waals surface area contributed by atoms with E-state index in [0.29, 0.717) is 26.9 Å². The first-order valence-electron chi connectivity index (χ1n) is 10.8. The number of amidine groups is 1. The molecule has 0 bridgehead atoms. The zero-order chi connectivity index (χ0) is 25.8. The molecule has 1 N–H and O–H groups in total. The Morgan fingerprint density at radius 2 is 1.92 bits per heavy atom. The van der Waals surface area contributed by atoms with Gasteiger partial charge in [0.15, 0.2) is 10.9 Å². The summed E-state index contributed by atoms with van der Waals surface area (Å²) in [5, 5.41) is 21.4. The predicted octanol–water partition coefficient (Wildman–Crippen LogP) is 5.41. The molecule has 182 valence electrons. The fraction of sp³-hybridized carbons (Fsp3) is 0.115. The van der Waals surface area contributed by atoms with E-state index in [-0.39, 0.29) is 29.5 Å². The van der Waals surface area contributed by atoms with Gasteiger partial charge in [0.1, 0.15) is 6.61 Å². The number of ether oxygens (including phenoxy) is 1. The van der Waals surface area contributed by atoms with Crippen LogP contribution in [-0.4, -0.2) is 39.0 Å². The number of hydrogen-bond donors (Lipinski definition) is 1. The van der Waals surface area contributed by atoms with Gasteiger partial charge in [-0.2, -0.15) is 0 Å². The quantitative estimate of drug-likeness (QED) is 0.260. The van der Waals surface area contributed by atoms with Crippen LogP contribution in [0.3, 0.4) is 0 Å². The number of amides is 1. The molecule has 1 aliphatic rings. The van der Waals surface area contributed by atoms with E-state index < -0.39 is 10.9 Å². The number of carbonyl (C=O) groups excluding carboxylic acids is 1. The van der Waals surface area contributed by atoms with Gasteiger partial charge in [0, 0.05) is 13.1 Å². The second-order valence-electron chi connectivity index (χ2n) is 7.88. The number of nitro groups is 1. The fourth-order valence-electron chi connectivity index (χ4n) is 3.51. The monoisotopic (exact) mass is 503 g/mol. The second-order valence-corrected chi connectivity index (χ2v) is 8.89. The van der Waals surface area contributed by atoms with Gasteiger partial charge in [-0.3, -0.25) is 19.8 Å². The van der Waals surface area contributed by atoms with E-state index in [1.54, 1.807) is 38.2 Å². The molecule has 4 rings (SSSR count). The Morgan fingerprint density at radius 3 is 2.61 bits per heavy atom. The van der Waals surface area contributed by atoms with Gasteiger partial charge in [-0.1, -0.05) is 42.5 Å². The number of rotatable bonds is 7. The molecule has 0 aliphatic carbocycles. The number of nitrogens with zero attached hydrogens (tertiary/aromatic N) is 3. The second kappa shape index (κ2) is 10.4. The zero-order valence-corrected chi connectivity index (χ0v) is 20.2. The number of benzene rings is 3. The van der Waals surface area contributed by atoms with Crippen molar-refractivity contribution in [2.45, 2.75) is 13.5 Å². The molecule has 36 heavy (non-hydrogen) atoms. The molecule has 0 aromatic heterocycles. The molecule has 3 aromatic rings. The average Bonchev–Trinajstić information content (AvgIpc) is 3.12. The molecule has 1 heterocycles. The number of carboxylic acid groups (broad SMARTS) is 1. The van der Waals surface area contributed by atoms with Crippen molar-refractivity contribution in [1.82, 2.24) is 4.90 Å². The van der Waals surface area contributed by atoms with Crippen molar-refractivity contribution in [1.29, 1.82) is 0 Å². The average molecular weight is 504 g/mol. The van der Waals surface area contributed by atoms with Crippen LogP contribution in [0.2, 0.25) is 0 Å². The van der Waals surface area contributed by atoms with E-state index >= 15 is 0 Å². The van der Waals surface area contributed by atoms with Crippen LogP contribution >= 0.6 is 11.8 Å². The highest BCUT2D eigenvalue weighted by Crippen LogP contribution is 2.36. The lowest BCUT2D eigenvalue weighted by molar-refractivity contribution is -0.386. The minimum absolute atomic E-state index is 0.129. The summed E-state index contributed by atoms with van der Waals surface area (Å²) < 4.78 is 5.67. The van der Waals surface area contributed by atoms with E-state index in [4.69, 9.17) is 4.74 Å². The Bertz CT molecular complexity index is 1420. The summed E-state index contributed by atoms with van der Waals surface area (Å²) in [7, 11) is 1.56. The number of hydrogen-bond acceptors (Lipinski definition) is 7. The molecule has 1 saturated heterocycles. The third-order valence-corrected chi connectivity index (χ3v) is 6.53. The molecule has 1 amide bonds. The number of thioether (sulfide) groups is 1. The highest BCUT2D eigenvalue weighted by atomic mass is 32.2. The predicted molar refractivity (Wildman–Crippen MR) is 137 cm³/mol. The number of aromatic carboxylic acids is 1. The topological polar surface area (TPSA) is 122 Å². The fourth-order valence-corrected chi connectivity index (χ4v) is 4.49. The van der Waals surface area contributed by atoms with Crippen LogP contribution < -0.4 is 4.74 Å². The highest BCUT2D eigenvalue weighted by molar-refractivity contribution is 8.18. The van der Waals surface area contributed by atoms with E-state index in [9.17, 15) is 24.8 Å². The standard InChI is InChI=1S/C26H21N3O6S/c1-16-19(25(31)32)9-6-10-20(16)27-26-28(2)24(30)23(36-26)14-18-11-12-22(21(13-18)29(33)34)35-15-17-7-4-3-5-8-17/h3-14H,15H2,1-2H3,(H,31,32)/b23-14-,27-26?. The molecule has 1 fully saturated rings. The summed E-state index contributed by atoms with van der Waals surface area (Å²) in [5.41, 5.74) is 2.19. The van der Waals surface area contributed by atoms with Gasteiger partial charge in [-0.05, 0) is 59.7 Å².